The third kappa shape index (κ3) is 3.06. The molecule has 2 heteroatoms. The number of anilines is 1. The second-order valence-electron chi connectivity index (χ2n) is 5.02. The van der Waals surface area contributed by atoms with Crippen LogP contribution in [0.5, 0.6) is 0 Å². The van der Waals surface area contributed by atoms with Crippen LogP contribution in [0.4, 0.5) is 5.82 Å². The van der Waals surface area contributed by atoms with Gasteiger partial charge in [0.1, 0.15) is 5.82 Å². The Hall–Kier alpha value is -1.57. The van der Waals surface area contributed by atoms with Gasteiger partial charge < -0.3 is 5.32 Å². The van der Waals surface area contributed by atoms with Crippen LogP contribution in [0, 0.1) is 0 Å². The third-order valence-electron chi connectivity index (χ3n) is 3.45. The van der Waals surface area contributed by atoms with E-state index in [4.69, 9.17) is 4.98 Å². The first-order valence-corrected chi connectivity index (χ1v) is 7.45. The second kappa shape index (κ2) is 6.55. The van der Waals surface area contributed by atoms with E-state index in [-0.39, 0.29) is 0 Å². The van der Waals surface area contributed by atoms with Gasteiger partial charge in [0.2, 0.25) is 0 Å². The molecule has 0 aliphatic heterocycles. The SMILES string of the molecule is CCCNc1nc2c(CCC)cccc2cc1CC. The molecule has 0 fully saturated rings. The molecule has 0 unspecified atom stereocenters. The number of hydrogen-bond donors (Lipinski definition) is 1. The summed E-state index contributed by atoms with van der Waals surface area (Å²) >= 11 is 0. The van der Waals surface area contributed by atoms with Gasteiger partial charge >= 0.3 is 0 Å². The van der Waals surface area contributed by atoms with Crippen molar-refractivity contribution in [1.82, 2.24) is 4.98 Å². The van der Waals surface area contributed by atoms with Crippen molar-refractivity contribution in [1.29, 1.82) is 0 Å². The van der Waals surface area contributed by atoms with Crippen LogP contribution < -0.4 is 5.32 Å². The van der Waals surface area contributed by atoms with Crippen molar-refractivity contribution in [2.75, 3.05) is 11.9 Å². The average Bonchev–Trinajstić information content (AvgIpc) is 2.45. The van der Waals surface area contributed by atoms with Crippen molar-refractivity contribution in [2.45, 2.75) is 46.5 Å². The highest BCUT2D eigenvalue weighted by Crippen LogP contribution is 2.24. The molecule has 0 saturated carbocycles. The minimum absolute atomic E-state index is 0.988. The number of nitrogens with zero attached hydrogens (tertiary/aromatic N) is 1. The van der Waals surface area contributed by atoms with Crippen LogP contribution in [0.15, 0.2) is 24.3 Å². The van der Waals surface area contributed by atoms with Crippen molar-refractivity contribution in [2.24, 2.45) is 0 Å². The van der Waals surface area contributed by atoms with E-state index in [1.165, 1.54) is 22.0 Å². The molecule has 0 saturated heterocycles. The first-order chi connectivity index (χ1) is 9.30. The van der Waals surface area contributed by atoms with Crippen LogP contribution in [0.1, 0.15) is 44.7 Å². The van der Waals surface area contributed by atoms with Gasteiger partial charge in [-0.05, 0) is 36.5 Å². The Morgan fingerprint density at radius 2 is 1.89 bits per heavy atom. The largest absolute Gasteiger partial charge is 0.370 e. The summed E-state index contributed by atoms with van der Waals surface area (Å²) in [6, 6.07) is 8.81. The number of pyridine rings is 1. The van der Waals surface area contributed by atoms with Gasteiger partial charge in [-0.15, -0.1) is 0 Å². The third-order valence-corrected chi connectivity index (χ3v) is 3.45. The molecule has 1 aromatic carbocycles. The van der Waals surface area contributed by atoms with Crippen LogP contribution in [-0.4, -0.2) is 11.5 Å². The summed E-state index contributed by atoms with van der Waals surface area (Å²) < 4.78 is 0. The number of rotatable bonds is 6. The van der Waals surface area contributed by atoms with Gasteiger partial charge in [0.15, 0.2) is 0 Å². The van der Waals surface area contributed by atoms with Crippen LogP contribution in [0.25, 0.3) is 10.9 Å². The number of benzene rings is 1. The van der Waals surface area contributed by atoms with E-state index in [0.29, 0.717) is 0 Å². The molecule has 102 valence electrons. The van der Waals surface area contributed by atoms with E-state index in [1.807, 2.05) is 0 Å². The number of aryl methyl sites for hydroxylation is 2. The van der Waals surface area contributed by atoms with Gasteiger partial charge in [0.05, 0.1) is 5.52 Å². The molecule has 1 heterocycles. The number of nitrogens with one attached hydrogen (secondary N) is 1. The zero-order valence-corrected chi connectivity index (χ0v) is 12.3. The number of hydrogen-bond acceptors (Lipinski definition) is 2. The summed E-state index contributed by atoms with van der Waals surface area (Å²) in [7, 11) is 0. The number of fused-ring (bicyclic) bond motifs is 1. The summed E-state index contributed by atoms with van der Waals surface area (Å²) in [5, 5.41) is 4.73. The Bertz CT molecular complexity index is 546. The molecule has 0 bridgehead atoms. The standard InChI is InChI=1S/C17H24N2/c1-4-8-14-9-7-10-15-12-13(6-3)17(18-11-5-2)19-16(14)15/h7,9-10,12H,4-6,8,11H2,1-3H3,(H,18,19). The Morgan fingerprint density at radius 1 is 1.05 bits per heavy atom. The molecule has 2 nitrogen and oxygen atoms in total. The van der Waals surface area contributed by atoms with Gasteiger partial charge in [0.25, 0.3) is 0 Å². The molecule has 1 aromatic heterocycles. The molecule has 2 aromatic rings. The Labute approximate surface area is 116 Å². The highest BCUT2D eigenvalue weighted by atomic mass is 15.0. The van der Waals surface area contributed by atoms with Crippen LogP contribution in [0.3, 0.4) is 0 Å². The van der Waals surface area contributed by atoms with E-state index in [1.54, 1.807) is 0 Å². The maximum absolute atomic E-state index is 4.89. The normalized spacial score (nSPS) is 10.9. The summed E-state index contributed by atoms with van der Waals surface area (Å²) in [6.07, 6.45) is 4.41. The average molecular weight is 256 g/mol. The molecule has 0 amide bonds. The van der Waals surface area contributed by atoms with Crippen molar-refractivity contribution in [3.8, 4) is 0 Å². The lowest BCUT2D eigenvalue weighted by Crippen LogP contribution is -2.06. The predicted molar refractivity (Wildman–Crippen MR) is 83.9 cm³/mol. The smallest absolute Gasteiger partial charge is 0.129 e. The molecular formula is C17H24N2. The zero-order chi connectivity index (χ0) is 13.7. The van der Waals surface area contributed by atoms with Gasteiger partial charge in [-0.2, -0.15) is 0 Å². The molecule has 0 radical (unpaired) electrons. The molecule has 19 heavy (non-hydrogen) atoms. The molecule has 2 rings (SSSR count). The van der Waals surface area contributed by atoms with Crippen LogP contribution in [0.2, 0.25) is 0 Å². The molecular weight excluding hydrogens is 232 g/mol. The lowest BCUT2D eigenvalue weighted by atomic mass is 10.0. The minimum atomic E-state index is 0.988. The van der Waals surface area contributed by atoms with Gasteiger partial charge in [-0.3, -0.25) is 0 Å². The molecule has 0 spiro atoms. The zero-order valence-electron chi connectivity index (χ0n) is 12.3. The van der Waals surface area contributed by atoms with Gasteiger partial charge in [0, 0.05) is 11.9 Å². The molecule has 1 N–H and O–H groups in total. The van der Waals surface area contributed by atoms with Crippen LogP contribution >= 0.6 is 0 Å². The molecule has 0 atom stereocenters. The predicted octanol–water partition coefficient (Wildman–Crippen LogP) is 4.57. The van der Waals surface area contributed by atoms with Crippen LogP contribution in [-0.2, 0) is 12.8 Å². The Kier molecular flexibility index (Phi) is 4.78. The van der Waals surface area contributed by atoms with Crippen molar-refractivity contribution in [3.63, 3.8) is 0 Å². The minimum Gasteiger partial charge on any atom is -0.370 e. The van der Waals surface area contributed by atoms with E-state index in [0.717, 1.165) is 38.0 Å². The number of aromatic nitrogens is 1. The van der Waals surface area contributed by atoms with E-state index in [2.05, 4.69) is 50.4 Å². The highest BCUT2D eigenvalue weighted by Gasteiger charge is 2.07. The van der Waals surface area contributed by atoms with Gasteiger partial charge in [-0.1, -0.05) is 45.4 Å². The first kappa shape index (κ1) is 13.9. The summed E-state index contributed by atoms with van der Waals surface area (Å²) in [5.74, 6) is 1.07. The first-order valence-electron chi connectivity index (χ1n) is 7.45. The molecule has 0 aliphatic carbocycles. The van der Waals surface area contributed by atoms with Crippen molar-refractivity contribution >= 4 is 16.7 Å². The van der Waals surface area contributed by atoms with E-state index < -0.39 is 0 Å². The maximum atomic E-state index is 4.89. The molecule has 0 aliphatic rings. The summed E-state index contributed by atoms with van der Waals surface area (Å²) in [5.41, 5.74) is 3.84. The fraction of sp³-hybridized carbons (Fsp3) is 0.471. The van der Waals surface area contributed by atoms with Gasteiger partial charge in [-0.25, -0.2) is 4.98 Å². The van der Waals surface area contributed by atoms with Crippen molar-refractivity contribution < 1.29 is 0 Å². The number of para-hydroxylation sites is 1. The van der Waals surface area contributed by atoms with Crippen molar-refractivity contribution in [3.05, 3.63) is 35.4 Å². The maximum Gasteiger partial charge on any atom is 0.129 e. The topological polar surface area (TPSA) is 24.9 Å². The monoisotopic (exact) mass is 256 g/mol. The summed E-state index contributed by atoms with van der Waals surface area (Å²) in [6.45, 7) is 7.58. The lowest BCUT2D eigenvalue weighted by Gasteiger charge is -2.13. The van der Waals surface area contributed by atoms with E-state index >= 15 is 0 Å². The van der Waals surface area contributed by atoms with E-state index in [9.17, 15) is 0 Å². The summed E-state index contributed by atoms with van der Waals surface area (Å²) in [4.78, 5) is 4.89. The Balaban J connectivity index is 2.51. The fourth-order valence-electron chi connectivity index (χ4n) is 2.44. The second-order valence-corrected chi connectivity index (χ2v) is 5.02. The quantitative estimate of drug-likeness (QED) is 0.818. The Morgan fingerprint density at radius 3 is 2.58 bits per heavy atom. The highest BCUT2D eigenvalue weighted by molar-refractivity contribution is 5.84. The lowest BCUT2D eigenvalue weighted by molar-refractivity contribution is 0.924. The fourth-order valence-corrected chi connectivity index (χ4v) is 2.44.